The molecule has 12 aromatic rings. The third-order valence-corrected chi connectivity index (χ3v) is 12.7. The van der Waals surface area contributed by atoms with Crippen LogP contribution >= 0.6 is 0 Å². The maximum absolute atomic E-state index is 13.1. The number of hydrogen-bond acceptors (Lipinski definition) is 10. The van der Waals surface area contributed by atoms with Crippen LogP contribution in [-0.2, 0) is 17.7 Å². The fraction of sp³-hybridized carbons (Fsp3) is 0.148. The highest BCUT2D eigenvalue weighted by molar-refractivity contribution is 5.97. The van der Waals surface area contributed by atoms with Gasteiger partial charge in [-0.2, -0.15) is 25.5 Å². The number of methoxy groups -OCH3 is 1. The van der Waals surface area contributed by atoms with E-state index in [0.717, 1.165) is 133 Å². The standard InChI is InChI=1S/C23H26N6O.C16H11FN4.C15H10FN5O/c1-30-13-10-16-4-6-17(7-5-16)22-19-14-18(8-9-20(19)25-27-22)23-24-21(26-28-23)15-29-11-2-3-12-29;17-12-4-1-10(2-5-12)16-13-7-11(15-8-18-9-19-15)3-6-14(13)20-21-16;16-10-4-1-8(2-5-10)13-11-7-9(3-6-12(11)18-19-13)14-17-15(22)21-20-14/h4-9,14H,2-3,10-13,15H2,1H3,(H,25,27)(H,24,26,28);1-9H,(H,18,19)(H,20,21);1-7H,(H,18,19)(H2,17,20,21,22). The smallest absolute Gasteiger partial charge is 0.340 e. The number of nitrogens with zero attached hydrogens (tertiary/aromatic N) is 8. The predicted octanol–water partition coefficient (Wildman–Crippen LogP) is 10.0. The first-order valence-corrected chi connectivity index (χ1v) is 23.6. The Labute approximate surface area is 414 Å². The van der Waals surface area contributed by atoms with Gasteiger partial charge in [-0.15, -0.1) is 0 Å². The minimum absolute atomic E-state index is 0.253. The van der Waals surface area contributed by atoms with Gasteiger partial charge in [-0.3, -0.25) is 30.3 Å². The zero-order valence-electron chi connectivity index (χ0n) is 39.4. The van der Waals surface area contributed by atoms with Crippen molar-refractivity contribution in [1.82, 2.24) is 75.8 Å². The van der Waals surface area contributed by atoms with Gasteiger partial charge in [-0.1, -0.05) is 30.3 Å². The molecule has 0 spiro atoms. The van der Waals surface area contributed by atoms with Crippen molar-refractivity contribution in [2.24, 2.45) is 0 Å². The van der Waals surface area contributed by atoms with Gasteiger partial charge in [-0.05, 0) is 135 Å². The van der Waals surface area contributed by atoms with Gasteiger partial charge < -0.3 is 9.72 Å². The van der Waals surface area contributed by atoms with Gasteiger partial charge in [0.15, 0.2) is 11.6 Å². The molecule has 0 atom stereocenters. The Hall–Kier alpha value is -9.20. The molecular formula is C54H47F2N15O2. The van der Waals surface area contributed by atoms with E-state index in [1.54, 1.807) is 43.9 Å². The van der Waals surface area contributed by atoms with Crippen LogP contribution in [0.15, 0.2) is 145 Å². The van der Waals surface area contributed by atoms with E-state index in [-0.39, 0.29) is 17.3 Å². The second-order valence-corrected chi connectivity index (χ2v) is 17.5. The number of halogens is 2. The number of nitrogens with one attached hydrogen (secondary N) is 7. The van der Waals surface area contributed by atoms with Crippen LogP contribution in [0.25, 0.3) is 101 Å². The quantitative estimate of drug-likeness (QED) is 0.0648. The van der Waals surface area contributed by atoms with Crippen molar-refractivity contribution in [3.8, 4) is 67.8 Å². The first kappa shape index (κ1) is 46.2. The first-order valence-electron chi connectivity index (χ1n) is 23.6. The van der Waals surface area contributed by atoms with Crippen LogP contribution in [0.4, 0.5) is 8.78 Å². The number of ether oxygens (including phenoxy) is 1. The fourth-order valence-corrected chi connectivity index (χ4v) is 8.89. The second kappa shape index (κ2) is 20.6. The van der Waals surface area contributed by atoms with E-state index in [2.05, 4.69) is 101 Å². The van der Waals surface area contributed by atoms with Crippen LogP contribution in [0, 0.1) is 11.6 Å². The number of hydrogen-bond donors (Lipinski definition) is 7. The number of aromatic amines is 7. The molecule has 0 unspecified atom stereocenters. The van der Waals surface area contributed by atoms with Crippen LogP contribution < -0.4 is 5.69 Å². The molecule has 1 aliphatic rings. The number of likely N-dealkylation sites (tertiary alicyclic amines) is 1. The van der Waals surface area contributed by atoms with Crippen molar-refractivity contribution in [2.75, 3.05) is 26.8 Å². The van der Waals surface area contributed by atoms with E-state index < -0.39 is 0 Å². The highest BCUT2D eigenvalue weighted by Crippen LogP contribution is 2.33. The molecule has 0 radical (unpaired) electrons. The van der Waals surface area contributed by atoms with Gasteiger partial charge in [0, 0.05) is 56.6 Å². The molecule has 0 aliphatic carbocycles. The molecule has 19 heteroatoms. The number of benzene rings is 6. The Morgan fingerprint density at radius 1 is 0.575 bits per heavy atom. The van der Waals surface area contributed by atoms with Crippen LogP contribution in [0.5, 0.6) is 0 Å². The molecule has 73 heavy (non-hydrogen) atoms. The Morgan fingerprint density at radius 3 is 1.63 bits per heavy atom. The summed E-state index contributed by atoms with van der Waals surface area (Å²) >= 11 is 0. The molecule has 7 N–H and O–H groups in total. The number of fused-ring (bicyclic) bond motifs is 3. The van der Waals surface area contributed by atoms with E-state index in [0.29, 0.717) is 5.82 Å². The highest BCUT2D eigenvalue weighted by atomic mass is 19.1. The molecule has 1 aliphatic heterocycles. The predicted molar refractivity (Wildman–Crippen MR) is 276 cm³/mol. The van der Waals surface area contributed by atoms with E-state index >= 15 is 0 Å². The summed E-state index contributed by atoms with van der Waals surface area (Å²) in [7, 11) is 1.73. The summed E-state index contributed by atoms with van der Waals surface area (Å²) in [6.07, 6.45) is 6.88. The normalized spacial score (nSPS) is 12.6. The minimum atomic E-state index is -0.360. The lowest BCUT2D eigenvalue weighted by atomic mass is 10.0. The maximum Gasteiger partial charge on any atom is 0.340 e. The molecule has 364 valence electrons. The van der Waals surface area contributed by atoms with Crippen molar-refractivity contribution in [3.63, 3.8) is 0 Å². The Bertz CT molecular complexity index is 3830. The van der Waals surface area contributed by atoms with Crippen LogP contribution in [-0.4, -0.2) is 103 Å². The molecule has 13 rings (SSSR count). The fourth-order valence-electron chi connectivity index (χ4n) is 8.89. The molecule has 7 heterocycles. The van der Waals surface area contributed by atoms with E-state index in [1.807, 2.05) is 48.5 Å². The lowest BCUT2D eigenvalue weighted by Crippen LogP contribution is -2.19. The van der Waals surface area contributed by atoms with Gasteiger partial charge in [0.05, 0.1) is 65.0 Å². The zero-order valence-corrected chi connectivity index (χ0v) is 39.4. The Kier molecular flexibility index (Phi) is 13.1. The topological polar surface area (TPSA) is 230 Å². The molecule has 1 fully saturated rings. The number of imidazole rings is 1. The van der Waals surface area contributed by atoms with E-state index in [9.17, 15) is 13.6 Å². The summed E-state index contributed by atoms with van der Waals surface area (Å²) in [5.74, 6) is 1.56. The van der Waals surface area contributed by atoms with Crippen molar-refractivity contribution in [3.05, 3.63) is 173 Å². The zero-order chi connectivity index (χ0) is 49.7. The second-order valence-electron chi connectivity index (χ2n) is 17.5. The lowest BCUT2D eigenvalue weighted by Gasteiger charge is -2.11. The molecular weight excluding hydrogens is 929 g/mol. The van der Waals surface area contributed by atoms with Crippen molar-refractivity contribution in [1.29, 1.82) is 0 Å². The van der Waals surface area contributed by atoms with Crippen LogP contribution in [0.2, 0.25) is 0 Å². The van der Waals surface area contributed by atoms with E-state index in [4.69, 9.17) is 9.72 Å². The van der Waals surface area contributed by atoms with Gasteiger partial charge in [-0.25, -0.2) is 28.6 Å². The van der Waals surface area contributed by atoms with Crippen molar-refractivity contribution >= 4 is 32.7 Å². The average molecular weight is 976 g/mol. The first-order chi connectivity index (χ1) is 35.8. The van der Waals surface area contributed by atoms with Gasteiger partial charge in [0.2, 0.25) is 0 Å². The lowest BCUT2D eigenvalue weighted by molar-refractivity contribution is 0.202. The van der Waals surface area contributed by atoms with Gasteiger partial charge in [0.1, 0.15) is 17.5 Å². The highest BCUT2D eigenvalue weighted by Gasteiger charge is 2.17. The molecule has 17 nitrogen and oxygen atoms in total. The van der Waals surface area contributed by atoms with Crippen LogP contribution in [0.1, 0.15) is 24.2 Å². The van der Waals surface area contributed by atoms with E-state index in [1.165, 1.54) is 42.7 Å². The number of rotatable bonds is 11. The third-order valence-electron chi connectivity index (χ3n) is 12.7. The molecule has 6 aromatic heterocycles. The van der Waals surface area contributed by atoms with Gasteiger partial charge >= 0.3 is 5.69 Å². The number of aromatic nitrogens is 14. The minimum Gasteiger partial charge on any atom is -0.384 e. The molecule has 0 amide bonds. The maximum atomic E-state index is 13.1. The van der Waals surface area contributed by atoms with Crippen molar-refractivity contribution < 1.29 is 13.5 Å². The Balaban J connectivity index is 0.000000121. The summed E-state index contributed by atoms with van der Waals surface area (Å²) in [4.78, 5) is 28.0. The molecule has 1 saturated heterocycles. The summed E-state index contributed by atoms with van der Waals surface area (Å²) in [6.45, 7) is 3.85. The summed E-state index contributed by atoms with van der Waals surface area (Å²) in [6, 6.07) is 38.8. The third kappa shape index (κ3) is 10.2. The summed E-state index contributed by atoms with van der Waals surface area (Å²) in [5.41, 5.74) is 12.7. The molecule has 0 saturated carbocycles. The van der Waals surface area contributed by atoms with Crippen LogP contribution in [0.3, 0.4) is 0 Å². The molecule has 0 bridgehead atoms. The Morgan fingerprint density at radius 2 is 1.10 bits per heavy atom. The van der Waals surface area contributed by atoms with Gasteiger partial charge in [0.25, 0.3) is 0 Å². The summed E-state index contributed by atoms with van der Waals surface area (Å²) in [5, 5.41) is 39.0. The SMILES string of the molecule is COCCc1ccc(-c2n[nH]c3ccc(-c4n[nH]c(CN5CCCC5)n4)cc23)cc1.Fc1ccc(-c2n[nH]c3ccc(-c4cnc[nH]4)cc23)cc1.O=c1[nH]nc(-c2ccc3[nH]nc(-c4ccc(F)cc4)c3c2)[nH]1. The monoisotopic (exact) mass is 975 g/mol. The number of H-pyrrole nitrogens is 7. The largest absolute Gasteiger partial charge is 0.384 e. The average Bonchev–Trinajstić information content (AvgIpc) is 4.29. The van der Waals surface area contributed by atoms with Crippen molar-refractivity contribution in [2.45, 2.75) is 25.8 Å². The summed E-state index contributed by atoms with van der Waals surface area (Å²) < 4.78 is 31.3. The molecule has 6 aromatic carbocycles.